The molecule has 2 aliphatic heterocycles. The molecule has 0 aliphatic carbocycles. The molecule has 3 aromatic carbocycles. The first kappa shape index (κ1) is 28.9. The van der Waals surface area contributed by atoms with Crippen LogP contribution in [0.15, 0.2) is 88.7 Å². The minimum Gasteiger partial charge on any atom is -0.462 e. The average molecular weight is 634 g/mol. The van der Waals surface area contributed by atoms with Crippen molar-refractivity contribution in [3.8, 4) is 0 Å². The van der Waals surface area contributed by atoms with E-state index >= 15 is 0 Å². The summed E-state index contributed by atoms with van der Waals surface area (Å²) in [4.78, 5) is 67.5. The van der Waals surface area contributed by atoms with Crippen LogP contribution in [0.25, 0.3) is 0 Å². The summed E-state index contributed by atoms with van der Waals surface area (Å²) in [6.45, 7) is 1.67. The molecule has 0 spiro atoms. The van der Waals surface area contributed by atoms with E-state index in [1.54, 1.807) is 55.5 Å². The SMILES string of the molecule is CCOC(=O)c1ccc(NC(=O)Cn2c3c(sc2=O)C(c2ccccc2)C2C(=O)N(c4ccc(Cl)cc4)C(=O)C2S3)cc1. The van der Waals surface area contributed by atoms with Gasteiger partial charge < -0.3 is 10.1 Å². The van der Waals surface area contributed by atoms with Crippen molar-refractivity contribution in [3.63, 3.8) is 0 Å². The van der Waals surface area contributed by atoms with Crippen LogP contribution >= 0.6 is 34.7 Å². The number of fused-ring (bicyclic) bond motifs is 2. The summed E-state index contributed by atoms with van der Waals surface area (Å²) >= 11 is 8.18. The molecule has 2 aliphatic rings. The lowest BCUT2D eigenvalue weighted by atomic mass is 9.83. The van der Waals surface area contributed by atoms with Gasteiger partial charge in [-0.3, -0.25) is 23.7 Å². The molecular formula is C31H24ClN3O6S2. The van der Waals surface area contributed by atoms with Crippen molar-refractivity contribution in [2.24, 2.45) is 5.92 Å². The van der Waals surface area contributed by atoms with E-state index in [0.717, 1.165) is 28.7 Å². The monoisotopic (exact) mass is 633 g/mol. The number of imide groups is 1. The van der Waals surface area contributed by atoms with Gasteiger partial charge in [0.25, 0.3) is 0 Å². The lowest BCUT2D eigenvalue weighted by Gasteiger charge is -2.30. The molecule has 12 heteroatoms. The van der Waals surface area contributed by atoms with Crippen molar-refractivity contribution in [1.82, 2.24) is 4.57 Å². The van der Waals surface area contributed by atoms with Crippen LogP contribution in [0.4, 0.5) is 11.4 Å². The number of rotatable bonds is 7. The molecule has 0 radical (unpaired) electrons. The molecule has 3 atom stereocenters. The van der Waals surface area contributed by atoms with Gasteiger partial charge >= 0.3 is 10.8 Å². The molecule has 1 aromatic heterocycles. The molecule has 3 unspecified atom stereocenters. The second kappa shape index (κ2) is 11.8. The number of hydrogen-bond donors (Lipinski definition) is 1. The number of thioether (sulfide) groups is 1. The highest BCUT2D eigenvalue weighted by molar-refractivity contribution is 8.00. The Morgan fingerprint density at radius 1 is 0.930 bits per heavy atom. The van der Waals surface area contributed by atoms with Crippen LogP contribution < -0.4 is 15.1 Å². The second-order valence-corrected chi connectivity index (χ2v) is 12.5. The predicted octanol–water partition coefficient (Wildman–Crippen LogP) is 5.17. The highest BCUT2D eigenvalue weighted by Gasteiger charge is 2.56. The molecule has 1 saturated heterocycles. The second-order valence-electron chi connectivity index (χ2n) is 9.91. The molecule has 43 heavy (non-hydrogen) atoms. The van der Waals surface area contributed by atoms with Crippen molar-refractivity contribution in [1.29, 1.82) is 0 Å². The number of nitrogens with zero attached hydrogens (tertiary/aromatic N) is 2. The van der Waals surface area contributed by atoms with Crippen LogP contribution in [0.5, 0.6) is 0 Å². The number of aromatic nitrogens is 1. The fourth-order valence-electron chi connectivity index (χ4n) is 5.37. The number of hydrogen-bond acceptors (Lipinski definition) is 8. The van der Waals surface area contributed by atoms with Crippen molar-refractivity contribution in [2.45, 2.75) is 29.7 Å². The van der Waals surface area contributed by atoms with Crippen LogP contribution in [0.3, 0.4) is 0 Å². The van der Waals surface area contributed by atoms with E-state index in [1.807, 2.05) is 30.3 Å². The third-order valence-electron chi connectivity index (χ3n) is 7.27. The van der Waals surface area contributed by atoms with Crippen LogP contribution in [-0.4, -0.2) is 40.1 Å². The number of benzene rings is 3. The van der Waals surface area contributed by atoms with Gasteiger partial charge in [0.2, 0.25) is 17.7 Å². The van der Waals surface area contributed by atoms with Gasteiger partial charge in [-0.1, -0.05) is 65.0 Å². The maximum absolute atomic E-state index is 13.9. The number of carbonyl (C=O) groups excluding carboxylic acids is 4. The maximum Gasteiger partial charge on any atom is 0.338 e. The van der Waals surface area contributed by atoms with E-state index in [4.69, 9.17) is 16.3 Å². The topological polar surface area (TPSA) is 115 Å². The molecule has 0 saturated carbocycles. The summed E-state index contributed by atoms with van der Waals surface area (Å²) in [5, 5.41) is 2.94. The number of nitrogens with one attached hydrogen (secondary N) is 1. The lowest BCUT2D eigenvalue weighted by molar-refractivity contribution is -0.122. The van der Waals surface area contributed by atoms with Gasteiger partial charge in [0.15, 0.2) is 0 Å². The molecule has 3 amide bonds. The van der Waals surface area contributed by atoms with Crippen LogP contribution in [0, 0.1) is 5.92 Å². The molecule has 218 valence electrons. The number of anilines is 2. The van der Waals surface area contributed by atoms with Crippen LogP contribution in [-0.2, 0) is 25.7 Å². The first-order valence-electron chi connectivity index (χ1n) is 13.4. The van der Waals surface area contributed by atoms with E-state index in [1.165, 1.54) is 9.47 Å². The van der Waals surface area contributed by atoms with E-state index in [0.29, 0.717) is 31.9 Å². The summed E-state index contributed by atoms with van der Waals surface area (Å²) in [5.41, 5.74) is 2.03. The third kappa shape index (κ3) is 5.39. The van der Waals surface area contributed by atoms with Gasteiger partial charge in [-0.2, -0.15) is 0 Å². The van der Waals surface area contributed by atoms with Gasteiger partial charge in [-0.15, -0.1) is 0 Å². The number of amides is 3. The molecular weight excluding hydrogens is 610 g/mol. The normalized spacial score (nSPS) is 19.1. The highest BCUT2D eigenvalue weighted by atomic mass is 35.5. The molecule has 3 heterocycles. The van der Waals surface area contributed by atoms with E-state index in [2.05, 4.69) is 5.32 Å². The fraction of sp³-hybridized carbons (Fsp3) is 0.194. The minimum atomic E-state index is -0.792. The minimum absolute atomic E-state index is 0.251. The van der Waals surface area contributed by atoms with Crippen molar-refractivity contribution >= 4 is 69.8 Å². The first-order valence-corrected chi connectivity index (χ1v) is 15.5. The van der Waals surface area contributed by atoms with Gasteiger partial charge in [0.1, 0.15) is 11.8 Å². The van der Waals surface area contributed by atoms with E-state index in [-0.39, 0.29) is 29.8 Å². The standard InChI is InChI=1S/C31H24ClN3O6S2/c1-2-41-30(39)18-8-12-20(13-9-18)33-22(36)16-34-29-26(43-31(34)40)23(17-6-4-3-5-7-17)24-25(42-29)28(38)35(27(24)37)21-14-10-19(32)11-15-21/h3-15,23-25H,2,16H2,1H3,(H,33,36). The summed E-state index contributed by atoms with van der Waals surface area (Å²) in [7, 11) is 0. The van der Waals surface area contributed by atoms with Crippen molar-refractivity contribution in [2.75, 3.05) is 16.8 Å². The lowest BCUT2D eigenvalue weighted by Crippen LogP contribution is -2.33. The Balaban J connectivity index is 1.32. The van der Waals surface area contributed by atoms with Gasteiger partial charge in [-0.05, 0) is 61.0 Å². The number of thiazole rings is 1. The van der Waals surface area contributed by atoms with Gasteiger partial charge in [-0.25, -0.2) is 9.69 Å². The fourth-order valence-corrected chi connectivity index (χ4v) is 8.27. The highest BCUT2D eigenvalue weighted by Crippen LogP contribution is 2.53. The third-order valence-corrected chi connectivity index (χ3v) is 10.1. The Kier molecular flexibility index (Phi) is 7.95. The van der Waals surface area contributed by atoms with Crippen molar-refractivity contribution in [3.05, 3.63) is 110 Å². The Morgan fingerprint density at radius 2 is 1.63 bits per heavy atom. The zero-order chi connectivity index (χ0) is 30.2. The number of esters is 1. The summed E-state index contributed by atoms with van der Waals surface area (Å²) in [5.74, 6) is -2.93. The Morgan fingerprint density at radius 3 is 2.30 bits per heavy atom. The van der Waals surface area contributed by atoms with Gasteiger partial charge in [0, 0.05) is 21.5 Å². The number of ether oxygens (including phenoxy) is 1. The van der Waals surface area contributed by atoms with E-state index < -0.39 is 29.0 Å². The summed E-state index contributed by atoms with van der Waals surface area (Å²) in [6, 6.07) is 22.1. The largest absolute Gasteiger partial charge is 0.462 e. The Labute approximate surface area is 259 Å². The molecule has 0 bridgehead atoms. The number of carbonyl (C=O) groups is 4. The summed E-state index contributed by atoms with van der Waals surface area (Å²) < 4.78 is 6.35. The molecule has 4 aromatic rings. The molecule has 6 rings (SSSR count). The zero-order valence-corrected chi connectivity index (χ0v) is 25.1. The van der Waals surface area contributed by atoms with Gasteiger partial charge in [0.05, 0.1) is 28.8 Å². The Bertz CT molecular complexity index is 1790. The molecule has 1 N–H and O–H groups in total. The van der Waals surface area contributed by atoms with Crippen LogP contribution in [0.1, 0.15) is 33.6 Å². The molecule has 1 fully saturated rings. The first-order chi connectivity index (χ1) is 20.8. The van der Waals surface area contributed by atoms with Crippen LogP contribution in [0.2, 0.25) is 5.02 Å². The summed E-state index contributed by atoms with van der Waals surface area (Å²) in [6.07, 6.45) is 0. The zero-order valence-electron chi connectivity index (χ0n) is 22.7. The maximum atomic E-state index is 13.9. The van der Waals surface area contributed by atoms with E-state index in [9.17, 15) is 24.0 Å². The quantitative estimate of drug-likeness (QED) is 0.220. The number of halogens is 1. The predicted molar refractivity (Wildman–Crippen MR) is 165 cm³/mol. The average Bonchev–Trinajstić information content (AvgIpc) is 3.44. The smallest absolute Gasteiger partial charge is 0.338 e. The molecule has 9 nitrogen and oxygen atoms in total. The Hall–Kier alpha value is -4.19. The van der Waals surface area contributed by atoms with Crippen molar-refractivity contribution < 1.29 is 23.9 Å².